The van der Waals surface area contributed by atoms with Gasteiger partial charge < -0.3 is 15.3 Å². The lowest BCUT2D eigenvalue weighted by Crippen LogP contribution is -2.41. The quantitative estimate of drug-likeness (QED) is 0.800. The van der Waals surface area contributed by atoms with Crippen molar-refractivity contribution in [2.24, 2.45) is 5.41 Å². The molecule has 0 unspecified atom stereocenters. The Morgan fingerprint density at radius 1 is 1.25 bits per heavy atom. The van der Waals surface area contributed by atoms with Gasteiger partial charge in [0.05, 0.1) is 8.95 Å². The summed E-state index contributed by atoms with van der Waals surface area (Å²) in [5, 5.41) is 13.3. The van der Waals surface area contributed by atoms with Gasteiger partial charge in [-0.25, -0.2) is 0 Å². The van der Waals surface area contributed by atoms with Crippen LogP contribution in [0.5, 0.6) is 5.75 Å². The van der Waals surface area contributed by atoms with Crippen LogP contribution in [0.25, 0.3) is 0 Å². The van der Waals surface area contributed by atoms with Crippen molar-refractivity contribution in [3.8, 4) is 5.75 Å². The van der Waals surface area contributed by atoms with Crippen LogP contribution in [0.1, 0.15) is 25.3 Å². The van der Waals surface area contributed by atoms with Crippen molar-refractivity contribution in [3.05, 3.63) is 26.6 Å². The first-order valence-electron chi connectivity index (χ1n) is 6.96. The summed E-state index contributed by atoms with van der Waals surface area (Å²) < 4.78 is 1.46. The van der Waals surface area contributed by atoms with Gasteiger partial charge in [-0.3, -0.25) is 0 Å². The summed E-state index contributed by atoms with van der Waals surface area (Å²) >= 11 is 6.74. The smallest absolute Gasteiger partial charge is 0.143 e. The second kappa shape index (κ2) is 6.77. The molecule has 3 nitrogen and oxygen atoms in total. The number of benzene rings is 1. The van der Waals surface area contributed by atoms with Gasteiger partial charge in [0.1, 0.15) is 5.75 Å². The Kier molecular flexibility index (Phi) is 5.51. The molecule has 1 aliphatic rings. The Morgan fingerprint density at radius 2 is 1.80 bits per heavy atom. The highest BCUT2D eigenvalue weighted by molar-refractivity contribution is 9.11. The maximum Gasteiger partial charge on any atom is 0.143 e. The van der Waals surface area contributed by atoms with Crippen molar-refractivity contribution in [3.63, 3.8) is 0 Å². The van der Waals surface area contributed by atoms with Gasteiger partial charge in [0.2, 0.25) is 0 Å². The van der Waals surface area contributed by atoms with E-state index in [-0.39, 0.29) is 5.75 Å². The molecule has 1 saturated heterocycles. The molecule has 0 spiro atoms. The zero-order valence-electron chi connectivity index (χ0n) is 12.0. The van der Waals surface area contributed by atoms with Gasteiger partial charge in [-0.2, -0.15) is 0 Å². The van der Waals surface area contributed by atoms with E-state index in [0.29, 0.717) is 5.41 Å². The number of phenols is 1. The van der Waals surface area contributed by atoms with E-state index in [4.69, 9.17) is 0 Å². The highest BCUT2D eigenvalue weighted by atomic mass is 79.9. The zero-order valence-corrected chi connectivity index (χ0v) is 15.2. The summed E-state index contributed by atoms with van der Waals surface area (Å²) in [6, 6.07) is 3.92. The Morgan fingerprint density at radius 3 is 2.35 bits per heavy atom. The summed E-state index contributed by atoms with van der Waals surface area (Å²) in [5.74, 6) is 0.260. The van der Waals surface area contributed by atoms with Gasteiger partial charge >= 0.3 is 0 Å². The molecular weight excluding hydrogens is 384 g/mol. The molecule has 20 heavy (non-hydrogen) atoms. The summed E-state index contributed by atoms with van der Waals surface area (Å²) in [6.45, 7) is 6.61. The molecule has 0 amide bonds. The number of nitrogens with zero attached hydrogens (tertiary/aromatic N) is 1. The van der Waals surface area contributed by atoms with Gasteiger partial charge in [0.25, 0.3) is 0 Å². The summed E-state index contributed by atoms with van der Waals surface area (Å²) in [6.07, 6.45) is 2.50. The minimum absolute atomic E-state index is 0.260. The summed E-state index contributed by atoms with van der Waals surface area (Å²) in [7, 11) is 2.19. The minimum atomic E-state index is 0.260. The third-order valence-electron chi connectivity index (χ3n) is 4.15. The topological polar surface area (TPSA) is 35.5 Å². The van der Waals surface area contributed by atoms with E-state index >= 15 is 0 Å². The van der Waals surface area contributed by atoms with Crippen molar-refractivity contribution in [2.45, 2.75) is 26.3 Å². The van der Waals surface area contributed by atoms with Crippen molar-refractivity contribution in [1.82, 2.24) is 10.2 Å². The van der Waals surface area contributed by atoms with Crippen LogP contribution in [-0.4, -0.2) is 36.7 Å². The number of piperidine rings is 1. The van der Waals surface area contributed by atoms with Crippen molar-refractivity contribution in [2.75, 3.05) is 26.7 Å². The zero-order chi connectivity index (χ0) is 14.8. The van der Waals surface area contributed by atoms with Crippen molar-refractivity contribution >= 4 is 31.9 Å². The van der Waals surface area contributed by atoms with E-state index in [1.165, 1.54) is 25.9 Å². The van der Waals surface area contributed by atoms with Crippen LogP contribution in [0, 0.1) is 5.41 Å². The van der Waals surface area contributed by atoms with E-state index in [0.717, 1.165) is 27.6 Å². The average molecular weight is 406 g/mol. The first kappa shape index (κ1) is 16.3. The van der Waals surface area contributed by atoms with Crippen LogP contribution in [0.3, 0.4) is 0 Å². The minimum Gasteiger partial charge on any atom is -0.506 e. The number of nitrogens with one attached hydrogen (secondary N) is 1. The molecule has 112 valence electrons. The largest absolute Gasteiger partial charge is 0.506 e. The Labute approximate surface area is 138 Å². The highest BCUT2D eigenvalue weighted by Crippen LogP contribution is 2.33. The third-order valence-corrected chi connectivity index (χ3v) is 5.36. The van der Waals surface area contributed by atoms with Crippen LogP contribution in [-0.2, 0) is 6.54 Å². The highest BCUT2D eigenvalue weighted by Gasteiger charge is 2.28. The van der Waals surface area contributed by atoms with E-state index in [9.17, 15) is 5.11 Å². The molecule has 0 bridgehead atoms. The molecule has 2 rings (SSSR count). The number of rotatable bonds is 4. The Hall–Kier alpha value is -0.100. The molecular formula is C15H22Br2N2O. The second-order valence-corrected chi connectivity index (χ2v) is 7.83. The van der Waals surface area contributed by atoms with Crippen molar-refractivity contribution in [1.29, 1.82) is 0 Å². The first-order valence-corrected chi connectivity index (χ1v) is 8.54. The lowest BCUT2D eigenvalue weighted by molar-refractivity contribution is 0.137. The summed E-state index contributed by atoms with van der Waals surface area (Å²) in [4.78, 5) is 2.40. The Bertz CT molecular complexity index is 448. The second-order valence-electron chi connectivity index (χ2n) is 6.13. The van der Waals surface area contributed by atoms with Gasteiger partial charge in [0, 0.05) is 13.1 Å². The first-order chi connectivity index (χ1) is 9.39. The fourth-order valence-corrected chi connectivity index (χ4v) is 3.85. The van der Waals surface area contributed by atoms with E-state index in [1.54, 1.807) is 0 Å². The maximum absolute atomic E-state index is 9.71. The fraction of sp³-hybridized carbons (Fsp3) is 0.600. The van der Waals surface area contributed by atoms with Crippen LogP contribution in [0.2, 0.25) is 0 Å². The maximum atomic E-state index is 9.71. The number of hydrogen-bond donors (Lipinski definition) is 2. The number of halogens is 2. The average Bonchev–Trinajstić information content (AvgIpc) is 2.40. The van der Waals surface area contributed by atoms with Crippen LogP contribution < -0.4 is 5.32 Å². The predicted octanol–water partition coefficient (Wildman–Crippen LogP) is 3.74. The van der Waals surface area contributed by atoms with Crippen LogP contribution in [0.15, 0.2) is 21.1 Å². The molecule has 2 N–H and O–H groups in total. The molecule has 0 saturated carbocycles. The standard InChI is InChI=1S/C15H22Br2N2O/c1-15(3-5-19(2)6-4-15)10-18-9-11-7-12(16)14(20)13(17)8-11/h7-8,18,20H,3-6,9-10H2,1-2H3. The van der Waals surface area contributed by atoms with Gasteiger partial charge in [-0.1, -0.05) is 6.92 Å². The lowest BCUT2D eigenvalue weighted by Gasteiger charge is -2.38. The number of likely N-dealkylation sites (tertiary alicyclic amines) is 1. The molecule has 0 radical (unpaired) electrons. The number of aromatic hydroxyl groups is 1. The van der Waals surface area contributed by atoms with Crippen LogP contribution >= 0.6 is 31.9 Å². The molecule has 1 aliphatic heterocycles. The fourth-order valence-electron chi connectivity index (χ4n) is 2.56. The summed E-state index contributed by atoms with van der Waals surface area (Å²) in [5.41, 5.74) is 1.57. The number of hydrogen-bond acceptors (Lipinski definition) is 3. The Balaban J connectivity index is 1.87. The SMILES string of the molecule is CN1CCC(C)(CNCc2cc(Br)c(O)c(Br)c2)CC1. The van der Waals surface area contributed by atoms with Gasteiger partial charge in [0.15, 0.2) is 0 Å². The van der Waals surface area contributed by atoms with Gasteiger partial charge in [-0.05, 0) is 87.9 Å². The van der Waals surface area contributed by atoms with E-state index < -0.39 is 0 Å². The van der Waals surface area contributed by atoms with Crippen LogP contribution in [0.4, 0.5) is 0 Å². The van der Waals surface area contributed by atoms with Gasteiger partial charge in [-0.15, -0.1) is 0 Å². The molecule has 0 aliphatic carbocycles. The van der Waals surface area contributed by atoms with Crippen molar-refractivity contribution < 1.29 is 5.11 Å². The lowest BCUT2D eigenvalue weighted by atomic mass is 9.80. The molecule has 1 heterocycles. The molecule has 0 aromatic heterocycles. The molecule has 1 fully saturated rings. The normalized spacial score (nSPS) is 19.2. The molecule has 0 atom stereocenters. The number of phenolic OH excluding ortho intramolecular Hbond substituents is 1. The molecule has 1 aromatic rings. The van der Waals surface area contributed by atoms with E-state index in [1.807, 2.05) is 12.1 Å². The molecule has 5 heteroatoms. The van der Waals surface area contributed by atoms with E-state index in [2.05, 4.69) is 56.0 Å². The monoisotopic (exact) mass is 404 g/mol. The predicted molar refractivity (Wildman–Crippen MR) is 90.1 cm³/mol. The third kappa shape index (κ3) is 4.20. The molecule has 1 aromatic carbocycles.